The predicted octanol–water partition coefficient (Wildman–Crippen LogP) is 2.71. The molecule has 4 nitrogen and oxygen atoms in total. The second-order valence-corrected chi connectivity index (χ2v) is 3.48. The average molecular weight is 228 g/mol. The fraction of sp³-hybridized carbons (Fsp3) is 0.154. The lowest BCUT2D eigenvalue weighted by atomic mass is 10.1. The standard InChI is InChI=1S/C13H12N2O2/c1-2-3-6-17-13(16)10-4-5-11-8-14-9-15-12(11)7-10/h3-9H,2H2,1H3. The molecule has 0 radical (unpaired) electrons. The highest BCUT2D eigenvalue weighted by Gasteiger charge is 2.06. The van der Waals surface area contributed by atoms with Gasteiger partial charge >= 0.3 is 5.97 Å². The number of nitrogens with zero attached hydrogens (tertiary/aromatic N) is 2. The molecule has 0 aliphatic heterocycles. The molecule has 0 saturated heterocycles. The molecule has 17 heavy (non-hydrogen) atoms. The first-order valence-electron chi connectivity index (χ1n) is 5.37. The van der Waals surface area contributed by atoms with Crippen LogP contribution < -0.4 is 0 Å². The molecule has 1 aromatic carbocycles. The molecule has 0 atom stereocenters. The van der Waals surface area contributed by atoms with Gasteiger partial charge in [0.05, 0.1) is 17.3 Å². The van der Waals surface area contributed by atoms with Gasteiger partial charge in [0.1, 0.15) is 6.33 Å². The van der Waals surface area contributed by atoms with Gasteiger partial charge in [-0.1, -0.05) is 13.0 Å². The molecule has 4 heteroatoms. The number of hydrogen-bond donors (Lipinski definition) is 0. The van der Waals surface area contributed by atoms with Gasteiger partial charge in [-0.3, -0.25) is 0 Å². The molecule has 1 aromatic heterocycles. The maximum absolute atomic E-state index is 11.6. The fourth-order valence-electron chi connectivity index (χ4n) is 1.37. The van der Waals surface area contributed by atoms with Crippen LogP contribution in [-0.4, -0.2) is 15.9 Å². The zero-order valence-electron chi connectivity index (χ0n) is 9.46. The van der Waals surface area contributed by atoms with Gasteiger partial charge in [0.15, 0.2) is 0 Å². The molecule has 0 bridgehead atoms. The van der Waals surface area contributed by atoms with Gasteiger partial charge in [-0.25, -0.2) is 14.8 Å². The van der Waals surface area contributed by atoms with E-state index in [-0.39, 0.29) is 5.97 Å². The van der Waals surface area contributed by atoms with Crippen LogP contribution in [0.4, 0.5) is 0 Å². The molecule has 2 rings (SSSR count). The third-order valence-corrected chi connectivity index (χ3v) is 2.25. The number of carbonyl (C=O) groups is 1. The van der Waals surface area contributed by atoms with Crippen molar-refractivity contribution in [2.24, 2.45) is 0 Å². The van der Waals surface area contributed by atoms with Gasteiger partial charge in [0, 0.05) is 11.6 Å². The van der Waals surface area contributed by atoms with Crippen molar-refractivity contribution in [3.8, 4) is 0 Å². The van der Waals surface area contributed by atoms with Crippen molar-refractivity contribution >= 4 is 16.9 Å². The Kier molecular flexibility index (Phi) is 3.45. The number of esters is 1. The first kappa shape index (κ1) is 11.3. The third-order valence-electron chi connectivity index (χ3n) is 2.25. The molecule has 0 fully saturated rings. The summed E-state index contributed by atoms with van der Waals surface area (Å²) >= 11 is 0. The van der Waals surface area contributed by atoms with Crippen LogP contribution >= 0.6 is 0 Å². The topological polar surface area (TPSA) is 52.1 Å². The summed E-state index contributed by atoms with van der Waals surface area (Å²) in [6.45, 7) is 1.97. The van der Waals surface area contributed by atoms with Crippen molar-refractivity contribution in [1.82, 2.24) is 9.97 Å². The second kappa shape index (κ2) is 5.21. The van der Waals surface area contributed by atoms with Crippen molar-refractivity contribution in [3.05, 3.63) is 48.6 Å². The number of benzene rings is 1. The summed E-state index contributed by atoms with van der Waals surface area (Å²) in [7, 11) is 0. The van der Waals surface area contributed by atoms with Crippen LogP contribution in [0.25, 0.3) is 10.9 Å². The van der Waals surface area contributed by atoms with Gasteiger partial charge in [-0.05, 0) is 24.6 Å². The van der Waals surface area contributed by atoms with E-state index in [2.05, 4.69) is 9.97 Å². The zero-order chi connectivity index (χ0) is 12.1. The molecule has 0 amide bonds. The monoisotopic (exact) mass is 228 g/mol. The Hall–Kier alpha value is -2.23. The van der Waals surface area contributed by atoms with Crippen molar-refractivity contribution in [1.29, 1.82) is 0 Å². The van der Waals surface area contributed by atoms with E-state index in [9.17, 15) is 4.79 Å². The quantitative estimate of drug-likeness (QED) is 0.598. The number of aromatic nitrogens is 2. The summed E-state index contributed by atoms with van der Waals surface area (Å²) < 4.78 is 4.95. The highest BCUT2D eigenvalue weighted by molar-refractivity contribution is 5.94. The van der Waals surface area contributed by atoms with Crippen LogP contribution in [0.2, 0.25) is 0 Å². The predicted molar refractivity (Wildman–Crippen MR) is 64.4 cm³/mol. The van der Waals surface area contributed by atoms with Crippen molar-refractivity contribution in [2.45, 2.75) is 13.3 Å². The van der Waals surface area contributed by atoms with E-state index in [0.29, 0.717) is 5.56 Å². The summed E-state index contributed by atoms with van der Waals surface area (Å²) in [5.41, 5.74) is 1.21. The Bertz CT molecular complexity index is 564. The van der Waals surface area contributed by atoms with Crippen LogP contribution in [0.5, 0.6) is 0 Å². The molecule has 0 spiro atoms. The van der Waals surface area contributed by atoms with Crippen LogP contribution in [0.3, 0.4) is 0 Å². The van der Waals surface area contributed by atoms with Gasteiger partial charge in [0.2, 0.25) is 0 Å². The number of carbonyl (C=O) groups excluding carboxylic acids is 1. The molecular formula is C13H12N2O2. The molecule has 1 heterocycles. The highest BCUT2D eigenvalue weighted by atomic mass is 16.5. The minimum atomic E-state index is -0.379. The number of allylic oxidation sites excluding steroid dienone is 1. The zero-order valence-corrected chi connectivity index (χ0v) is 9.46. The van der Waals surface area contributed by atoms with Crippen molar-refractivity contribution in [3.63, 3.8) is 0 Å². The molecule has 0 aliphatic carbocycles. The number of hydrogen-bond acceptors (Lipinski definition) is 4. The SMILES string of the molecule is CCC=COC(=O)c1ccc2cncnc2c1. The minimum Gasteiger partial charge on any atom is -0.431 e. The van der Waals surface area contributed by atoms with Crippen LogP contribution in [0, 0.1) is 0 Å². The molecule has 86 valence electrons. The molecule has 0 aliphatic rings. The number of ether oxygens (including phenoxy) is 1. The summed E-state index contributed by atoms with van der Waals surface area (Å²) in [5.74, 6) is -0.379. The Balaban J connectivity index is 2.24. The van der Waals surface area contributed by atoms with E-state index in [4.69, 9.17) is 4.74 Å². The minimum absolute atomic E-state index is 0.379. The van der Waals surface area contributed by atoms with Crippen molar-refractivity contribution in [2.75, 3.05) is 0 Å². The second-order valence-electron chi connectivity index (χ2n) is 3.48. The summed E-state index contributed by atoms with van der Waals surface area (Å²) in [6.07, 6.45) is 7.18. The summed E-state index contributed by atoms with van der Waals surface area (Å²) in [4.78, 5) is 19.6. The summed E-state index contributed by atoms with van der Waals surface area (Å²) in [5, 5.41) is 0.896. The molecule has 0 saturated carbocycles. The maximum atomic E-state index is 11.6. The van der Waals surface area contributed by atoms with E-state index in [0.717, 1.165) is 17.3 Å². The first-order valence-corrected chi connectivity index (χ1v) is 5.37. The lowest BCUT2D eigenvalue weighted by Crippen LogP contribution is -2.00. The lowest BCUT2D eigenvalue weighted by molar-refractivity contribution is 0.0662. The van der Waals surface area contributed by atoms with E-state index in [1.165, 1.54) is 12.6 Å². The van der Waals surface area contributed by atoms with Crippen LogP contribution in [0.15, 0.2) is 43.1 Å². The van der Waals surface area contributed by atoms with E-state index in [1.54, 1.807) is 30.5 Å². The van der Waals surface area contributed by atoms with Gasteiger partial charge in [-0.2, -0.15) is 0 Å². The van der Waals surface area contributed by atoms with E-state index in [1.807, 2.05) is 6.92 Å². The smallest absolute Gasteiger partial charge is 0.343 e. The van der Waals surface area contributed by atoms with Gasteiger partial charge < -0.3 is 4.74 Å². The van der Waals surface area contributed by atoms with E-state index >= 15 is 0 Å². The normalized spacial score (nSPS) is 10.9. The Morgan fingerprint density at radius 3 is 3.18 bits per heavy atom. The number of rotatable bonds is 3. The van der Waals surface area contributed by atoms with Gasteiger partial charge in [-0.15, -0.1) is 0 Å². The maximum Gasteiger partial charge on any atom is 0.343 e. The number of fused-ring (bicyclic) bond motifs is 1. The molecule has 0 unspecified atom stereocenters. The molecule has 2 aromatic rings. The van der Waals surface area contributed by atoms with Crippen molar-refractivity contribution < 1.29 is 9.53 Å². The average Bonchev–Trinajstić information content (AvgIpc) is 2.38. The van der Waals surface area contributed by atoms with Crippen LogP contribution in [0.1, 0.15) is 23.7 Å². The lowest BCUT2D eigenvalue weighted by Gasteiger charge is -2.01. The third kappa shape index (κ3) is 2.66. The van der Waals surface area contributed by atoms with Gasteiger partial charge in [0.25, 0.3) is 0 Å². The molecular weight excluding hydrogens is 216 g/mol. The Morgan fingerprint density at radius 2 is 2.35 bits per heavy atom. The summed E-state index contributed by atoms with van der Waals surface area (Å²) in [6, 6.07) is 5.20. The Labute approximate surface area is 99.0 Å². The first-order chi connectivity index (χ1) is 8.31. The highest BCUT2D eigenvalue weighted by Crippen LogP contribution is 2.13. The fourth-order valence-corrected chi connectivity index (χ4v) is 1.37. The largest absolute Gasteiger partial charge is 0.431 e. The molecule has 0 N–H and O–H groups in total. The van der Waals surface area contributed by atoms with Crippen LogP contribution in [-0.2, 0) is 4.74 Å². The Morgan fingerprint density at radius 1 is 1.47 bits per heavy atom. The van der Waals surface area contributed by atoms with E-state index < -0.39 is 0 Å².